The Bertz CT molecular complexity index is 891. The predicted molar refractivity (Wildman–Crippen MR) is 101 cm³/mol. The summed E-state index contributed by atoms with van der Waals surface area (Å²) in [4.78, 5) is 17.7. The normalized spacial score (nSPS) is 22.4. The first-order valence-electron chi connectivity index (χ1n) is 8.43. The average molecular weight is 368 g/mol. The zero-order chi connectivity index (χ0) is 18.1. The van der Waals surface area contributed by atoms with Crippen molar-refractivity contribution in [3.05, 3.63) is 82.0 Å². The molecule has 132 valence electrons. The molecule has 2 atom stereocenters. The number of nitrogens with zero attached hydrogens (tertiary/aromatic N) is 1. The number of hydrogen-bond donors (Lipinski definition) is 2. The third-order valence-corrected chi connectivity index (χ3v) is 4.88. The van der Waals surface area contributed by atoms with Gasteiger partial charge in [-0.1, -0.05) is 59.2 Å². The molecule has 0 fully saturated rings. The van der Waals surface area contributed by atoms with Crippen molar-refractivity contribution in [2.24, 2.45) is 5.16 Å². The number of halogens is 1. The van der Waals surface area contributed by atoms with Crippen molar-refractivity contribution in [3.8, 4) is 0 Å². The summed E-state index contributed by atoms with van der Waals surface area (Å²) in [6.45, 7) is 1.88. The first-order valence-corrected chi connectivity index (χ1v) is 8.81. The van der Waals surface area contributed by atoms with Gasteiger partial charge in [0.25, 0.3) is 0 Å². The standard InChI is InChI=1S/C20H18ClN3O2/c1-12-18(16-11-17(26-24-16)13-5-3-2-4-6-13)19(23-20(25)22-12)14-7-9-15(21)10-8-14/h2-10,17,19H,11H2,1H3,(H2,22,23,25). The van der Waals surface area contributed by atoms with Gasteiger partial charge in [0.15, 0.2) is 6.10 Å². The van der Waals surface area contributed by atoms with Crippen LogP contribution in [0.5, 0.6) is 0 Å². The van der Waals surface area contributed by atoms with Crippen molar-refractivity contribution >= 4 is 23.3 Å². The number of benzene rings is 2. The molecule has 0 aliphatic carbocycles. The Morgan fingerprint density at radius 1 is 1.08 bits per heavy atom. The molecule has 6 heteroatoms. The summed E-state index contributed by atoms with van der Waals surface area (Å²) in [7, 11) is 0. The highest BCUT2D eigenvalue weighted by Crippen LogP contribution is 2.35. The summed E-state index contributed by atoms with van der Waals surface area (Å²) >= 11 is 6.00. The molecule has 2 heterocycles. The van der Waals surface area contributed by atoms with Crippen LogP contribution in [0, 0.1) is 0 Å². The van der Waals surface area contributed by atoms with Crippen molar-refractivity contribution < 1.29 is 9.63 Å². The van der Waals surface area contributed by atoms with Gasteiger partial charge in [-0.25, -0.2) is 4.79 Å². The summed E-state index contributed by atoms with van der Waals surface area (Å²) in [5.41, 5.74) is 4.59. The quantitative estimate of drug-likeness (QED) is 0.839. The van der Waals surface area contributed by atoms with Crippen LogP contribution >= 0.6 is 11.6 Å². The van der Waals surface area contributed by atoms with E-state index < -0.39 is 0 Å². The van der Waals surface area contributed by atoms with Gasteiger partial charge in [0, 0.05) is 22.7 Å². The van der Waals surface area contributed by atoms with Crippen LogP contribution in [-0.2, 0) is 4.84 Å². The van der Waals surface area contributed by atoms with Crippen LogP contribution in [0.2, 0.25) is 5.02 Å². The van der Waals surface area contributed by atoms with E-state index in [9.17, 15) is 4.79 Å². The van der Waals surface area contributed by atoms with Crippen molar-refractivity contribution in [3.63, 3.8) is 0 Å². The lowest BCUT2D eigenvalue weighted by Crippen LogP contribution is -2.44. The van der Waals surface area contributed by atoms with Crippen LogP contribution in [-0.4, -0.2) is 11.7 Å². The molecule has 5 nitrogen and oxygen atoms in total. The van der Waals surface area contributed by atoms with Gasteiger partial charge in [-0.3, -0.25) is 0 Å². The van der Waals surface area contributed by atoms with E-state index in [0.717, 1.165) is 28.1 Å². The van der Waals surface area contributed by atoms with Gasteiger partial charge in [-0.15, -0.1) is 0 Å². The highest BCUT2D eigenvalue weighted by atomic mass is 35.5. The fraction of sp³-hybridized carbons (Fsp3) is 0.200. The van der Waals surface area contributed by atoms with Gasteiger partial charge in [0.1, 0.15) is 0 Å². The Morgan fingerprint density at radius 3 is 2.54 bits per heavy atom. The molecule has 2 aromatic carbocycles. The second kappa shape index (κ2) is 6.84. The number of amides is 2. The minimum Gasteiger partial charge on any atom is -0.387 e. The van der Waals surface area contributed by atoms with Gasteiger partial charge >= 0.3 is 6.03 Å². The van der Waals surface area contributed by atoms with E-state index in [1.165, 1.54) is 0 Å². The second-order valence-electron chi connectivity index (χ2n) is 6.37. The maximum Gasteiger partial charge on any atom is 0.319 e. The Balaban J connectivity index is 1.65. The molecule has 2 aliphatic rings. The lowest BCUT2D eigenvalue weighted by atomic mass is 9.89. The van der Waals surface area contributed by atoms with Crippen molar-refractivity contribution in [1.29, 1.82) is 0 Å². The maximum atomic E-state index is 12.0. The number of carbonyl (C=O) groups excluding carboxylic acids is 1. The molecule has 26 heavy (non-hydrogen) atoms. The monoisotopic (exact) mass is 367 g/mol. The van der Waals surface area contributed by atoms with Crippen LogP contribution in [0.3, 0.4) is 0 Å². The van der Waals surface area contributed by atoms with Gasteiger partial charge in [0.2, 0.25) is 0 Å². The number of carbonyl (C=O) groups is 1. The first-order chi connectivity index (χ1) is 12.6. The molecule has 0 spiro atoms. The molecule has 2 N–H and O–H groups in total. The fourth-order valence-corrected chi connectivity index (χ4v) is 3.49. The van der Waals surface area contributed by atoms with Crippen LogP contribution < -0.4 is 10.6 Å². The summed E-state index contributed by atoms with van der Waals surface area (Å²) in [5.74, 6) is 0. The molecule has 0 bridgehead atoms. The number of urea groups is 1. The average Bonchev–Trinajstić information content (AvgIpc) is 3.12. The van der Waals surface area contributed by atoms with Gasteiger partial charge in [-0.05, 0) is 30.2 Å². The molecule has 4 rings (SSSR count). The molecule has 2 amide bonds. The maximum absolute atomic E-state index is 12.0. The third kappa shape index (κ3) is 3.18. The predicted octanol–water partition coefficient (Wildman–Crippen LogP) is 4.49. The second-order valence-corrected chi connectivity index (χ2v) is 6.80. The van der Waals surface area contributed by atoms with Crippen LogP contribution in [0.1, 0.15) is 36.6 Å². The molecule has 0 radical (unpaired) electrons. The number of oxime groups is 1. The minimum atomic E-state index is -0.294. The molecular weight excluding hydrogens is 350 g/mol. The number of hydrogen-bond acceptors (Lipinski definition) is 3. The van der Waals surface area contributed by atoms with Crippen LogP contribution in [0.15, 0.2) is 71.0 Å². The Labute approximate surface area is 156 Å². The number of rotatable bonds is 3. The highest BCUT2D eigenvalue weighted by Gasteiger charge is 2.34. The first kappa shape index (κ1) is 16.7. The SMILES string of the molecule is CC1=C(C2=NOC(c3ccccc3)C2)C(c2ccc(Cl)cc2)NC(=O)N1. The molecular formula is C20H18ClN3O2. The van der Waals surface area contributed by atoms with E-state index in [4.69, 9.17) is 16.4 Å². The Hall–Kier alpha value is -2.79. The van der Waals surface area contributed by atoms with Gasteiger partial charge in [0.05, 0.1) is 11.8 Å². The van der Waals surface area contributed by atoms with E-state index in [1.54, 1.807) is 0 Å². The van der Waals surface area contributed by atoms with Gasteiger partial charge < -0.3 is 15.5 Å². The van der Waals surface area contributed by atoms with E-state index in [1.807, 2.05) is 61.5 Å². The molecule has 0 saturated heterocycles. The molecule has 0 aromatic heterocycles. The lowest BCUT2D eigenvalue weighted by Gasteiger charge is -2.29. The lowest BCUT2D eigenvalue weighted by molar-refractivity contribution is 0.0857. The molecule has 0 saturated carbocycles. The summed E-state index contributed by atoms with van der Waals surface area (Å²) in [6, 6.07) is 16.9. The van der Waals surface area contributed by atoms with E-state index in [2.05, 4.69) is 15.8 Å². The fourth-order valence-electron chi connectivity index (χ4n) is 3.36. The van der Waals surface area contributed by atoms with Crippen molar-refractivity contribution in [1.82, 2.24) is 10.6 Å². The summed E-state index contributed by atoms with van der Waals surface area (Å²) in [6.07, 6.45) is 0.535. The largest absolute Gasteiger partial charge is 0.387 e. The van der Waals surface area contributed by atoms with Crippen LogP contribution in [0.4, 0.5) is 4.79 Å². The minimum absolute atomic E-state index is 0.116. The Morgan fingerprint density at radius 2 is 1.81 bits per heavy atom. The van der Waals surface area contributed by atoms with E-state index in [0.29, 0.717) is 11.4 Å². The smallest absolute Gasteiger partial charge is 0.319 e. The third-order valence-electron chi connectivity index (χ3n) is 4.62. The zero-order valence-electron chi connectivity index (χ0n) is 14.2. The van der Waals surface area contributed by atoms with Crippen LogP contribution in [0.25, 0.3) is 0 Å². The molecule has 2 aliphatic heterocycles. The summed E-state index contributed by atoms with van der Waals surface area (Å²) in [5, 5.41) is 10.8. The van der Waals surface area contributed by atoms with Crippen molar-refractivity contribution in [2.75, 3.05) is 0 Å². The van der Waals surface area contributed by atoms with Gasteiger partial charge in [-0.2, -0.15) is 0 Å². The molecule has 2 aromatic rings. The van der Waals surface area contributed by atoms with E-state index >= 15 is 0 Å². The topological polar surface area (TPSA) is 62.7 Å². The number of allylic oxidation sites excluding steroid dienone is 1. The van der Waals surface area contributed by atoms with Crippen molar-refractivity contribution in [2.45, 2.75) is 25.5 Å². The zero-order valence-corrected chi connectivity index (χ0v) is 15.0. The Kier molecular flexibility index (Phi) is 4.39. The number of nitrogens with one attached hydrogen (secondary N) is 2. The van der Waals surface area contributed by atoms with E-state index in [-0.39, 0.29) is 18.2 Å². The highest BCUT2D eigenvalue weighted by molar-refractivity contribution is 6.30. The molecule has 2 unspecified atom stereocenters. The summed E-state index contributed by atoms with van der Waals surface area (Å²) < 4.78 is 0.